The fourth-order valence-corrected chi connectivity index (χ4v) is 5.73. The van der Waals surface area contributed by atoms with Crippen LogP contribution in [0.3, 0.4) is 0 Å². The molecule has 2 saturated carbocycles. The molecule has 7 nitrogen and oxygen atoms in total. The van der Waals surface area contributed by atoms with E-state index in [-0.39, 0.29) is 41.5 Å². The zero-order chi connectivity index (χ0) is 26.8. The molecular weight excluding hydrogens is 492 g/mol. The summed E-state index contributed by atoms with van der Waals surface area (Å²) in [6, 6.07) is 10.6. The number of aromatic nitrogens is 2. The molecule has 0 bridgehead atoms. The molecule has 2 aliphatic rings. The second-order valence-electron chi connectivity index (χ2n) is 10.2. The molecule has 9 heteroatoms. The summed E-state index contributed by atoms with van der Waals surface area (Å²) in [4.78, 5) is 31.3. The second kappa shape index (κ2) is 11.2. The number of ether oxygens (including phenoxy) is 2. The Morgan fingerprint density at radius 3 is 2.50 bits per heavy atom. The minimum Gasteiger partial charge on any atom is -0.466 e. The molecule has 2 fully saturated rings. The van der Waals surface area contributed by atoms with Gasteiger partial charge in [0.15, 0.2) is 11.6 Å². The van der Waals surface area contributed by atoms with Gasteiger partial charge in [0.25, 0.3) is 0 Å². The van der Waals surface area contributed by atoms with Gasteiger partial charge in [0.1, 0.15) is 18.0 Å². The maximum Gasteiger partial charge on any atom is 0.309 e. The lowest BCUT2D eigenvalue weighted by atomic mass is 9.95. The van der Waals surface area contributed by atoms with Gasteiger partial charge < -0.3 is 19.4 Å². The first-order valence-corrected chi connectivity index (χ1v) is 13.3. The lowest BCUT2D eigenvalue weighted by Crippen LogP contribution is -2.42. The van der Waals surface area contributed by atoms with Crippen molar-refractivity contribution < 1.29 is 27.8 Å². The molecule has 38 heavy (non-hydrogen) atoms. The normalized spacial score (nSPS) is 21.2. The molecule has 5 rings (SSSR count). The van der Waals surface area contributed by atoms with E-state index in [0.717, 1.165) is 49.8 Å². The van der Waals surface area contributed by atoms with Crippen molar-refractivity contribution in [1.29, 1.82) is 0 Å². The quantitative estimate of drug-likeness (QED) is 0.387. The number of benzene rings is 2. The second-order valence-corrected chi connectivity index (χ2v) is 10.2. The summed E-state index contributed by atoms with van der Waals surface area (Å²) in [6.45, 7) is 1.98. The van der Waals surface area contributed by atoms with E-state index in [0.29, 0.717) is 12.2 Å². The number of nitrogens with zero attached hydrogens (tertiary/aromatic N) is 2. The highest BCUT2D eigenvalue weighted by molar-refractivity contribution is 5.87. The standard InChI is InChI=1S/C29H33F2N3O4/c1-3-38-29(36)20-14-19(20)25(28(35)32-18-12-8-5-9-13-18)34-24-16-22(31)21(30)15-23(24)33-27(34)26(37-2)17-10-6-4-7-11-17/h4,6-7,10-11,15-16,18-20,25-26H,3,5,8-9,12-14H2,1-2H3,(H,32,35)/t19?,20?,25?,26-/m1/s1. The van der Waals surface area contributed by atoms with Gasteiger partial charge >= 0.3 is 5.97 Å². The van der Waals surface area contributed by atoms with Gasteiger partial charge in [-0.25, -0.2) is 13.8 Å². The number of imidazole rings is 1. The molecule has 2 aliphatic carbocycles. The summed E-state index contributed by atoms with van der Waals surface area (Å²) < 4.78 is 41.6. The SMILES string of the molecule is CCOC(=O)C1CC1C(C(=O)NC1CCCCC1)n1c([C@H](OC)c2ccccc2)nc2cc(F)c(F)cc21. The number of carbonyl (C=O) groups excluding carboxylic acids is 2. The summed E-state index contributed by atoms with van der Waals surface area (Å²) in [6.07, 6.45) is 4.71. The number of hydrogen-bond donors (Lipinski definition) is 1. The van der Waals surface area contributed by atoms with E-state index < -0.39 is 29.7 Å². The number of esters is 1. The van der Waals surface area contributed by atoms with Crippen LogP contribution in [0.5, 0.6) is 0 Å². The number of nitrogens with one attached hydrogen (secondary N) is 1. The number of halogens is 2. The van der Waals surface area contributed by atoms with E-state index in [9.17, 15) is 18.4 Å². The molecule has 0 saturated heterocycles. The minimum absolute atomic E-state index is 0.0262. The predicted molar refractivity (Wildman–Crippen MR) is 137 cm³/mol. The molecule has 3 aromatic rings. The smallest absolute Gasteiger partial charge is 0.309 e. The molecule has 1 aromatic heterocycles. The van der Waals surface area contributed by atoms with Crippen LogP contribution in [0.15, 0.2) is 42.5 Å². The third-order valence-electron chi connectivity index (χ3n) is 7.66. The third-order valence-corrected chi connectivity index (χ3v) is 7.66. The van der Waals surface area contributed by atoms with Crippen molar-refractivity contribution >= 4 is 22.9 Å². The van der Waals surface area contributed by atoms with E-state index >= 15 is 0 Å². The third kappa shape index (κ3) is 5.16. The van der Waals surface area contributed by atoms with Crippen LogP contribution in [0.25, 0.3) is 11.0 Å². The Bertz CT molecular complexity index is 1310. The van der Waals surface area contributed by atoms with Crippen LogP contribution in [0.2, 0.25) is 0 Å². The number of amides is 1. The Balaban J connectivity index is 1.64. The lowest BCUT2D eigenvalue weighted by molar-refractivity contribution is -0.145. The highest BCUT2D eigenvalue weighted by atomic mass is 19.2. The summed E-state index contributed by atoms with van der Waals surface area (Å²) in [7, 11) is 1.53. The number of fused-ring (bicyclic) bond motifs is 1. The van der Waals surface area contributed by atoms with Crippen LogP contribution in [-0.2, 0) is 19.1 Å². The lowest BCUT2D eigenvalue weighted by Gasteiger charge is -2.28. The number of methoxy groups -OCH3 is 1. The van der Waals surface area contributed by atoms with Crippen molar-refractivity contribution in [2.75, 3.05) is 13.7 Å². The van der Waals surface area contributed by atoms with Crippen LogP contribution in [-0.4, -0.2) is 41.2 Å². The Kier molecular flexibility index (Phi) is 7.74. The maximum atomic E-state index is 14.6. The average molecular weight is 526 g/mol. The van der Waals surface area contributed by atoms with Gasteiger partial charge in [-0.3, -0.25) is 9.59 Å². The Labute approximate surface area is 220 Å². The van der Waals surface area contributed by atoms with E-state index in [1.54, 1.807) is 11.5 Å². The molecule has 1 N–H and O–H groups in total. The fraction of sp³-hybridized carbons (Fsp3) is 0.483. The van der Waals surface area contributed by atoms with Crippen LogP contribution in [0, 0.1) is 23.5 Å². The summed E-state index contributed by atoms with van der Waals surface area (Å²) in [5.41, 5.74) is 1.26. The Morgan fingerprint density at radius 1 is 1.11 bits per heavy atom. The summed E-state index contributed by atoms with van der Waals surface area (Å²) in [5, 5.41) is 3.19. The topological polar surface area (TPSA) is 82.5 Å². The molecule has 0 aliphatic heterocycles. The van der Waals surface area contributed by atoms with Gasteiger partial charge in [-0.15, -0.1) is 0 Å². The van der Waals surface area contributed by atoms with Crippen molar-refractivity contribution in [2.24, 2.45) is 11.8 Å². The zero-order valence-electron chi connectivity index (χ0n) is 21.7. The Morgan fingerprint density at radius 2 is 1.82 bits per heavy atom. The molecule has 3 unspecified atom stereocenters. The van der Waals surface area contributed by atoms with E-state index in [2.05, 4.69) is 10.3 Å². The predicted octanol–water partition coefficient (Wildman–Crippen LogP) is 5.24. The minimum atomic E-state index is -1.04. The molecular formula is C29H33F2N3O4. The molecule has 0 radical (unpaired) electrons. The van der Waals surface area contributed by atoms with E-state index in [1.807, 2.05) is 30.3 Å². The van der Waals surface area contributed by atoms with Crippen molar-refractivity contribution in [3.63, 3.8) is 0 Å². The van der Waals surface area contributed by atoms with Gasteiger partial charge in [-0.05, 0) is 31.7 Å². The van der Waals surface area contributed by atoms with Gasteiger partial charge in [0.05, 0.1) is 23.6 Å². The number of rotatable bonds is 9. The van der Waals surface area contributed by atoms with Crippen LogP contribution in [0.1, 0.15) is 69.0 Å². The van der Waals surface area contributed by atoms with Crippen molar-refractivity contribution in [3.8, 4) is 0 Å². The average Bonchev–Trinajstić information content (AvgIpc) is 3.63. The number of hydrogen-bond acceptors (Lipinski definition) is 5. The Hall–Kier alpha value is -3.33. The number of carbonyl (C=O) groups is 2. The van der Waals surface area contributed by atoms with Gasteiger partial charge in [-0.2, -0.15) is 0 Å². The highest BCUT2D eigenvalue weighted by Crippen LogP contribution is 2.49. The van der Waals surface area contributed by atoms with E-state index in [1.165, 1.54) is 7.11 Å². The van der Waals surface area contributed by atoms with Crippen molar-refractivity contribution in [3.05, 3.63) is 65.5 Å². The molecule has 2 aromatic carbocycles. The molecule has 1 heterocycles. The maximum absolute atomic E-state index is 14.6. The van der Waals surface area contributed by atoms with Gasteiger partial charge in [0, 0.05) is 31.2 Å². The first-order valence-electron chi connectivity index (χ1n) is 13.3. The first kappa shape index (κ1) is 26.3. The molecule has 202 valence electrons. The zero-order valence-corrected chi connectivity index (χ0v) is 21.7. The molecule has 4 atom stereocenters. The van der Waals surface area contributed by atoms with Crippen LogP contribution < -0.4 is 5.32 Å². The van der Waals surface area contributed by atoms with Crippen molar-refractivity contribution in [2.45, 2.75) is 63.6 Å². The van der Waals surface area contributed by atoms with E-state index in [4.69, 9.17) is 9.47 Å². The summed E-state index contributed by atoms with van der Waals surface area (Å²) in [5.74, 6) is -3.19. The monoisotopic (exact) mass is 525 g/mol. The first-order chi connectivity index (χ1) is 18.4. The summed E-state index contributed by atoms with van der Waals surface area (Å²) >= 11 is 0. The van der Waals surface area contributed by atoms with Crippen molar-refractivity contribution in [1.82, 2.24) is 14.9 Å². The van der Waals surface area contributed by atoms with Crippen LogP contribution in [0.4, 0.5) is 8.78 Å². The largest absolute Gasteiger partial charge is 0.466 e. The van der Waals surface area contributed by atoms with Crippen LogP contribution >= 0.6 is 0 Å². The van der Waals surface area contributed by atoms with Gasteiger partial charge in [-0.1, -0.05) is 49.6 Å². The molecule has 1 amide bonds. The molecule has 0 spiro atoms. The fourth-order valence-electron chi connectivity index (χ4n) is 5.73. The highest BCUT2D eigenvalue weighted by Gasteiger charge is 2.53. The van der Waals surface area contributed by atoms with Gasteiger partial charge in [0.2, 0.25) is 5.91 Å².